The van der Waals surface area contributed by atoms with Gasteiger partial charge in [0, 0.05) is 24.0 Å². The zero-order chi connectivity index (χ0) is 15.0. The van der Waals surface area contributed by atoms with Gasteiger partial charge in [-0.1, -0.05) is 0 Å². The normalized spacial score (nSPS) is 15.2. The molecule has 0 saturated heterocycles. The highest BCUT2D eigenvalue weighted by molar-refractivity contribution is 7.07. The molecule has 1 aromatic carbocycles. The third kappa shape index (κ3) is 3.15. The van der Waals surface area contributed by atoms with Crippen molar-refractivity contribution < 1.29 is 13.2 Å². The van der Waals surface area contributed by atoms with Crippen LogP contribution in [0.5, 0.6) is 0 Å². The minimum absolute atomic E-state index is 0.136. The van der Waals surface area contributed by atoms with Crippen molar-refractivity contribution in [3.8, 4) is 0 Å². The van der Waals surface area contributed by atoms with E-state index in [9.17, 15) is 13.2 Å². The maximum Gasteiger partial charge on any atom is 0.418 e. The molecule has 1 heterocycles. The van der Waals surface area contributed by atoms with Crippen LogP contribution in [-0.2, 0) is 12.7 Å². The summed E-state index contributed by atoms with van der Waals surface area (Å²) in [6, 6.07) is 6.19. The van der Waals surface area contributed by atoms with Gasteiger partial charge in [0.15, 0.2) is 0 Å². The first-order valence-corrected chi connectivity index (χ1v) is 7.64. The molecule has 0 bridgehead atoms. The molecule has 21 heavy (non-hydrogen) atoms. The number of thiophene rings is 1. The smallest absolute Gasteiger partial charge is 0.399 e. The molecule has 0 spiro atoms. The van der Waals surface area contributed by atoms with Crippen molar-refractivity contribution in [3.63, 3.8) is 0 Å². The molecular weight excluding hydrogens is 297 g/mol. The molecule has 0 aliphatic heterocycles. The number of hydrogen-bond donors (Lipinski definition) is 1. The van der Waals surface area contributed by atoms with Crippen molar-refractivity contribution in [2.75, 3.05) is 10.6 Å². The summed E-state index contributed by atoms with van der Waals surface area (Å²) < 4.78 is 39.8. The van der Waals surface area contributed by atoms with Gasteiger partial charge >= 0.3 is 6.18 Å². The first-order chi connectivity index (χ1) is 9.95. The summed E-state index contributed by atoms with van der Waals surface area (Å²) in [7, 11) is 0. The number of anilines is 2. The highest BCUT2D eigenvalue weighted by Gasteiger charge is 2.38. The molecule has 1 saturated carbocycles. The highest BCUT2D eigenvalue weighted by Crippen LogP contribution is 2.42. The average Bonchev–Trinajstić information content (AvgIpc) is 3.13. The molecule has 0 unspecified atom stereocenters. The topological polar surface area (TPSA) is 29.3 Å². The van der Waals surface area contributed by atoms with E-state index in [-0.39, 0.29) is 17.4 Å². The van der Waals surface area contributed by atoms with Gasteiger partial charge in [0.05, 0.1) is 5.56 Å². The van der Waals surface area contributed by atoms with Crippen LogP contribution in [0, 0.1) is 0 Å². The molecule has 1 aliphatic carbocycles. The molecule has 0 atom stereocenters. The van der Waals surface area contributed by atoms with Crippen molar-refractivity contribution >= 4 is 22.7 Å². The predicted octanol–water partition coefficient (Wildman–Crippen LogP) is 4.52. The Morgan fingerprint density at radius 3 is 2.57 bits per heavy atom. The minimum Gasteiger partial charge on any atom is -0.399 e. The molecular formula is C15H15F3N2S. The van der Waals surface area contributed by atoms with Crippen molar-refractivity contribution in [1.29, 1.82) is 0 Å². The number of rotatable bonds is 4. The van der Waals surface area contributed by atoms with Crippen molar-refractivity contribution in [2.24, 2.45) is 0 Å². The maximum atomic E-state index is 13.3. The van der Waals surface area contributed by atoms with Gasteiger partial charge in [0.25, 0.3) is 0 Å². The van der Waals surface area contributed by atoms with Crippen LogP contribution in [0.4, 0.5) is 24.5 Å². The Hall–Kier alpha value is -1.69. The van der Waals surface area contributed by atoms with Gasteiger partial charge in [-0.2, -0.15) is 24.5 Å². The van der Waals surface area contributed by atoms with E-state index in [1.165, 1.54) is 12.1 Å². The summed E-state index contributed by atoms with van der Waals surface area (Å²) in [4.78, 5) is 1.85. The van der Waals surface area contributed by atoms with Crippen LogP contribution in [-0.4, -0.2) is 6.04 Å². The van der Waals surface area contributed by atoms with Crippen LogP contribution >= 0.6 is 11.3 Å². The second-order valence-electron chi connectivity index (χ2n) is 5.27. The monoisotopic (exact) mass is 312 g/mol. The lowest BCUT2D eigenvalue weighted by atomic mass is 10.1. The number of nitrogen functional groups attached to an aromatic ring is 1. The van der Waals surface area contributed by atoms with Crippen LogP contribution in [0.2, 0.25) is 0 Å². The first-order valence-electron chi connectivity index (χ1n) is 6.69. The Morgan fingerprint density at radius 1 is 1.24 bits per heavy atom. The van der Waals surface area contributed by atoms with E-state index in [0.29, 0.717) is 6.54 Å². The molecule has 0 radical (unpaired) electrons. The van der Waals surface area contributed by atoms with Crippen LogP contribution in [0.3, 0.4) is 0 Å². The van der Waals surface area contributed by atoms with Crippen LogP contribution in [0.1, 0.15) is 24.0 Å². The Bertz CT molecular complexity index is 618. The van der Waals surface area contributed by atoms with E-state index >= 15 is 0 Å². The minimum atomic E-state index is -4.40. The molecule has 6 heteroatoms. The van der Waals surface area contributed by atoms with E-state index in [2.05, 4.69) is 0 Å². The Balaban J connectivity index is 1.99. The lowest BCUT2D eigenvalue weighted by molar-refractivity contribution is -0.137. The van der Waals surface area contributed by atoms with E-state index in [0.717, 1.165) is 24.5 Å². The quantitative estimate of drug-likeness (QED) is 0.841. The summed E-state index contributed by atoms with van der Waals surface area (Å²) in [6.07, 6.45) is -2.52. The Morgan fingerprint density at radius 2 is 2.00 bits per heavy atom. The van der Waals surface area contributed by atoms with Crippen molar-refractivity contribution in [2.45, 2.75) is 31.6 Å². The number of nitrogens with zero attached hydrogens (tertiary/aromatic N) is 1. The van der Waals surface area contributed by atoms with Gasteiger partial charge in [0.2, 0.25) is 0 Å². The third-order valence-electron chi connectivity index (χ3n) is 3.56. The van der Waals surface area contributed by atoms with E-state index < -0.39 is 11.7 Å². The second kappa shape index (κ2) is 5.26. The summed E-state index contributed by atoms with van der Waals surface area (Å²) in [5, 5.41) is 3.91. The standard InChI is InChI=1S/C15H15F3N2S/c16-15(17,18)13-7-11(19)1-4-14(13)20(12-2-3-12)8-10-5-6-21-9-10/h1,4-7,9,12H,2-3,8,19H2. The predicted molar refractivity (Wildman–Crippen MR) is 79.4 cm³/mol. The summed E-state index contributed by atoms with van der Waals surface area (Å²) in [5.41, 5.74) is 6.29. The van der Waals surface area contributed by atoms with Gasteiger partial charge in [-0.05, 0) is 53.4 Å². The van der Waals surface area contributed by atoms with Gasteiger partial charge < -0.3 is 10.6 Å². The molecule has 1 fully saturated rings. The molecule has 2 aromatic rings. The van der Waals surface area contributed by atoms with Crippen LogP contribution in [0.15, 0.2) is 35.0 Å². The van der Waals surface area contributed by atoms with Crippen molar-refractivity contribution in [1.82, 2.24) is 0 Å². The Labute approximate surface area is 125 Å². The first kappa shape index (κ1) is 14.3. The number of benzene rings is 1. The summed E-state index contributed by atoms with van der Waals surface area (Å²) >= 11 is 1.55. The van der Waals surface area contributed by atoms with Gasteiger partial charge in [-0.25, -0.2) is 0 Å². The third-order valence-corrected chi connectivity index (χ3v) is 4.29. The maximum absolute atomic E-state index is 13.3. The van der Waals surface area contributed by atoms with Crippen LogP contribution < -0.4 is 10.6 Å². The molecule has 3 rings (SSSR count). The number of nitrogens with two attached hydrogens (primary N) is 1. The SMILES string of the molecule is Nc1ccc(N(Cc2ccsc2)C2CC2)c(C(F)(F)F)c1. The number of alkyl halides is 3. The zero-order valence-electron chi connectivity index (χ0n) is 11.2. The Kier molecular flexibility index (Phi) is 3.57. The van der Waals surface area contributed by atoms with Gasteiger partial charge in [-0.15, -0.1) is 0 Å². The number of hydrogen-bond acceptors (Lipinski definition) is 3. The summed E-state index contributed by atoms with van der Waals surface area (Å²) in [6.45, 7) is 0.501. The van der Waals surface area contributed by atoms with Crippen molar-refractivity contribution in [3.05, 3.63) is 46.2 Å². The van der Waals surface area contributed by atoms with E-state index in [1.54, 1.807) is 11.3 Å². The summed E-state index contributed by atoms with van der Waals surface area (Å²) in [5.74, 6) is 0. The van der Waals surface area contributed by atoms with E-state index in [1.807, 2.05) is 21.7 Å². The van der Waals surface area contributed by atoms with Gasteiger partial charge in [-0.3, -0.25) is 0 Å². The molecule has 0 amide bonds. The fourth-order valence-electron chi connectivity index (χ4n) is 2.41. The highest BCUT2D eigenvalue weighted by atomic mass is 32.1. The largest absolute Gasteiger partial charge is 0.418 e. The zero-order valence-corrected chi connectivity index (χ0v) is 12.0. The molecule has 112 valence electrons. The lowest BCUT2D eigenvalue weighted by Crippen LogP contribution is -2.27. The van der Waals surface area contributed by atoms with Gasteiger partial charge in [0.1, 0.15) is 0 Å². The molecule has 1 aliphatic rings. The van der Waals surface area contributed by atoms with E-state index in [4.69, 9.17) is 5.73 Å². The molecule has 2 N–H and O–H groups in total. The van der Waals surface area contributed by atoms with Crippen LogP contribution in [0.25, 0.3) is 0 Å². The molecule has 2 nitrogen and oxygen atoms in total. The number of halogens is 3. The average molecular weight is 312 g/mol. The lowest BCUT2D eigenvalue weighted by Gasteiger charge is -2.28. The fourth-order valence-corrected chi connectivity index (χ4v) is 3.07. The fraction of sp³-hybridized carbons (Fsp3) is 0.333. The molecule has 1 aromatic heterocycles. The second-order valence-corrected chi connectivity index (χ2v) is 6.05.